The van der Waals surface area contributed by atoms with Crippen molar-refractivity contribution in [1.82, 2.24) is 9.55 Å². The van der Waals surface area contributed by atoms with Crippen molar-refractivity contribution in [2.75, 3.05) is 0 Å². The Morgan fingerprint density at radius 1 is 1.39 bits per heavy atom. The molecule has 0 aliphatic carbocycles. The summed E-state index contributed by atoms with van der Waals surface area (Å²) >= 11 is 0. The molecule has 0 amide bonds. The predicted molar refractivity (Wildman–Crippen MR) is 76.4 cm³/mol. The average Bonchev–Trinajstić information content (AvgIpc) is 2.91. The number of rotatable bonds is 1. The molecule has 0 unspecified atom stereocenters. The molecule has 4 nitrogen and oxygen atoms in total. The molecule has 0 fully saturated rings. The largest absolute Gasteiger partial charge is 0.424 e. The number of nitriles is 1. The van der Waals surface area contributed by atoms with Crippen LogP contribution in [-0.2, 0) is 12.0 Å². The molecule has 1 aliphatic rings. The minimum Gasteiger partial charge on any atom is -0.374 e. The van der Waals surface area contributed by atoms with Gasteiger partial charge in [-0.05, 0) is 38.0 Å². The van der Waals surface area contributed by atoms with E-state index in [1.807, 2.05) is 0 Å². The molecule has 1 aliphatic heterocycles. The molecule has 1 aromatic heterocycles. The lowest BCUT2D eigenvalue weighted by Gasteiger charge is -2.32. The number of benzene rings is 1. The molecule has 3 rings (SSSR count). The number of aromatic nitrogens is 2. The molecular weight excluding hydrogens is 307 g/mol. The fraction of sp³-hybridized carbons (Fsp3) is 0.375. The van der Waals surface area contributed by atoms with Crippen molar-refractivity contribution in [2.45, 2.75) is 38.1 Å². The van der Waals surface area contributed by atoms with Crippen LogP contribution >= 0.6 is 0 Å². The Balaban J connectivity index is 2.20. The van der Waals surface area contributed by atoms with Crippen molar-refractivity contribution < 1.29 is 18.3 Å². The lowest BCUT2D eigenvalue weighted by Crippen LogP contribution is -2.42. The Kier molecular flexibility index (Phi) is 3.27. The van der Waals surface area contributed by atoms with Crippen molar-refractivity contribution in [3.63, 3.8) is 0 Å². The van der Waals surface area contributed by atoms with Gasteiger partial charge < -0.3 is 9.67 Å². The van der Waals surface area contributed by atoms with Crippen LogP contribution < -0.4 is 0 Å². The third kappa shape index (κ3) is 2.21. The van der Waals surface area contributed by atoms with E-state index in [2.05, 4.69) is 11.1 Å². The van der Waals surface area contributed by atoms with Crippen LogP contribution in [0.15, 0.2) is 24.4 Å². The summed E-state index contributed by atoms with van der Waals surface area (Å²) in [4.78, 5) is 3.86. The molecule has 0 saturated heterocycles. The van der Waals surface area contributed by atoms with E-state index in [1.165, 1.54) is 10.8 Å². The SMILES string of the molecule is C[C@@H]1Cc2cc(C#N)ccc2-c2cnc([C@](C)(O)C(F)(F)F)n21. The molecule has 120 valence electrons. The highest BCUT2D eigenvalue weighted by molar-refractivity contribution is 5.67. The zero-order valence-corrected chi connectivity index (χ0v) is 12.5. The summed E-state index contributed by atoms with van der Waals surface area (Å²) in [6, 6.07) is 6.81. The first-order valence-corrected chi connectivity index (χ1v) is 7.07. The molecule has 1 aromatic carbocycles. The van der Waals surface area contributed by atoms with Gasteiger partial charge in [0, 0.05) is 11.6 Å². The summed E-state index contributed by atoms with van der Waals surface area (Å²) in [5.41, 5.74) is -0.376. The first-order chi connectivity index (χ1) is 10.7. The first kappa shape index (κ1) is 15.6. The number of hydrogen-bond acceptors (Lipinski definition) is 3. The van der Waals surface area contributed by atoms with Crippen molar-refractivity contribution in [1.29, 1.82) is 5.26 Å². The number of aliphatic hydroxyl groups is 1. The monoisotopic (exact) mass is 321 g/mol. The van der Waals surface area contributed by atoms with Gasteiger partial charge in [0.25, 0.3) is 0 Å². The number of hydrogen-bond donors (Lipinski definition) is 1. The van der Waals surface area contributed by atoms with Crippen LogP contribution in [0.1, 0.15) is 36.8 Å². The van der Waals surface area contributed by atoms with Gasteiger partial charge in [0.1, 0.15) is 0 Å². The van der Waals surface area contributed by atoms with Crippen molar-refractivity contribution in [3.8, 4) is 17.3 Å². The molecule has 0 radical (unpaired) electrons. The molecule has 0 saturated carbocycles. The number of imidazole rings is 1. The maximum atomic E-state index is 13.1. The van der Waals surface area contributed by atoms with E-state index in [9.17, 15) is 18.3 Å². The van der Waals surface area contributed by atoms with E-state index in [1.54, 1.807) is 25.1 Å². The van der Waals surface area contributed by atoms with Gasteiger partial charge in [0.15, 0.2) is 5.82 Å². The maximum absolute atomic E-state index is 13.1. The van der Waals surface area contributed by atoms with E-state index in [4.69, 9.17) is 5.26 Å². The second-order valence-corrected chi connectivity index (χ2v) is 5.94. The minimum absolute atomic E-state index is 0.308. The fourth-order valence-corrected chi connectivity index (χ4v) is 2.98. The molecule has 0 spiro atoms. The highest BCUT2D eigenvalue weighted by Gasteiger charge is 2.54. The summed E-state index contributed by atoms with van der Waals surface area (Å²) in [5.74, 6) is -0.414. The molecule has 2 heterocycles. The second-order valence-electron chi connectivity index (χ2n) is 5.94. The molecule has 7 heteroatoms. The number of fused-ring (bicyclic) bond motifs is 3. The Morgan fingerprint density at radius 3 is 2.70 bits per heavy atom. The first-order valence-electron chi connectivity index (χ1n) is 7.07. The third-order valence-electron chi connectivity index (χ3n) is 4.25. The van der Waals surface area contributed by atoms with Gasteiger partial charge in [-0.1, -0.05) is 6.07 Å². The molecule has 0 bridgehead atoms. The van der Waals surface area contributed by atoms with Crippen molar-refractivity contribution >= 4 is 0 Å². The van der Waals surface area contributed by atoms with E-state index in [-0.39, 0.29) is 6.04 Å². The van der Waals surface area contributed by atoms with Crippen molar-refractivity contribution in [3.05, 3.63) is 41.3 Å². The van der Waals surface area contributed by atoms with Gasteiger partial charge in [-0.25, -0.2) is 4.98 Å². The Morgan fingerprint density at radius 2 is 2.09 bits per heavy atom. The predicted octanol–water partition coefficient (Wildman–Crippen LogP) is 3.31. The summed E-state index contributed by atoms with van der Waals surface area (Å²) in [7, 11) is 0. The summed E-state index contributed by atoms with van der Waals surface area (Å²) in [6.07, 6.45) is -3.01. The number of halogens is 3. The zero-order chi connectivity index (χ0) is 17.0. The van der Waals surface area contributed by atoms with Gasteiger partial charge in [-0.2, -0.15) is 18.4 Å². The standard InChI is InChI=1S/C16H14F3N3O/c1-9-5-11-6-10(7-20)3-4-12(11)13-8-21-14(22(9)13)15(2,23)16(17,18)19/h3-4,6,8-9,23H,5H2,1-2H3/t9-,15+/m1/s1. The quantitative estimate of drug-likeness (QED) is 0.876. The average molecular weight is 321 g/mol. The second kappa shape index (κ2) is 4.83. The molecule has 1 N–H and O–H groups in total. The van der Waals surface area contributed by atoms with Crippen LogP contribution in [0, 0.1) is 11.3 Å². The third-order valence-corrected chi connectivity index (χ3v) is 4.25. The molecular formula is C16H14F3N3O. The normalized spacial score (nSPS) is 19.4. The van der Waals surface area contributed by atoms with Gasteiger partial charge in [0.2, 0.25) is 5.60 Å². The highest BCUT2D eigenvalue weighted by atomic mass is 19.4. The molecule has 23 heavy (non-hydrogen) atoms. The minimum atomic E-state index is -4.82. The molecule has 2 aromatic rings. The van der Waals surface area contributed by atoms with Crippen LogP contribution in [0.5, 0.6) is 0 Å². The number of nitrogens with zero attached hydrogens (tertiary/aromatic N) is 3. The molecule has 2 atom stereocenters. The van der Waals surface area contributed by atoms with E-state index < -0.39 is 17.6 Å². The van der Waals surface area contributed by atoms with Gasteiger partial charge >= 0.3 is 6.18 Å². The van der Waals surface area contributed by atoms with Gasteiger partial charge in [0.05, 0.1) is 23.5 Å². The smallest absolute Gasteiger partial charge is 0.374 e. The van der Waals surface area contributed by atoms with Gasteiger partial charge in [-0.3, -0.25) is 0 Å². The van der Waals surface area contributed by atoms with E-state index >= 15 is 0 Å². The van der Waals surface area contributed by atoms with Crippen LogP contribution in [-0.4, -0.2) is 20.8 Å². The summed E-state index contributed by atoms with van der Waals surface area (Å²) < 4.78 is 40.9. The Labute approximate surface area is 130 Å². The van der Waals surface area contributed by atoms with E-state index in [0.717, 1.165) is 11.1 Å². The fourth-order valence-electron chi connectivity index (χ4n) is 2.98. The lowest BCUT2D eigenvalue weighted by molar-refractivity contribution is -0.262. The maximum Gasteiger partial charge on any atom is 0.424 e. The van der Waals surface area contributed by atoms with Crippen LogP contribution in [0.25, 0.3) is 11.3 Å². The van der Waals surface area contributed by atoms with Crippen LogP contribution in [0.3, 0.4) is 0 Å². The lowest BCUT2D eigenvalue weighted by atomic mass is 9.92. The zero-order valence-electron chi connectivity index (χ0n) is 12.5. The topological polar surface area (TPSA) is 61.8 Å². The summed E-state index contributed by atoms with van der Waals surface area (Å²) in [5, 5.41) is 18.9. The highest BCUT2D eigenvalue weighted by Crippen LogP contribution is 2.43. The number of alkyl halides is 3. The van der Waals surface area contributed by atoms with E-state index in [0.29, 0.717) is 24.6 Å². The Bertz CT molecular complexity index is 815. The Hall–Kier alpha value is -2.33. The van der Waals surface area contributed by atoms with Crippen LogP contribution in [0.4, 0.5) is 13.2 Å². The van der Waals surface area contributed by atoms with Crippen LogP contribution in [0.2, 0.25) is 0 Å². The van der Waals surface area contributed by atoms with Crippen molar-refractivity contribution in [2.24, 2.45) is 0 Å². The van der Waals surface area contributed by atoms with Gasteiger partial charge in [-0.15, -0.1) is 0 Å². The summed E-state index contributed by atoms with van der Waals surface area (Å²) in [6.45, 7) is 2.48.